The molecular weight excluding hydrogens is 387 g/mol. The summed E-state index contributed by atoms with van der Waals surface area (Å²) in [4.78, 5) is 13.8. The number of carbonyl (C=O) groups excluding carboxylic acids is 1. The van der Waals surface area contributed by atoms with E-state index in [9.17, 15) is 18.0 Å². The molecule has 24 heavy (non-hydrogen) atoms. The van der Waals surface area contributed by atoms with Gasteiger partial charge in [-0.05, 0) is 44.4 Å². The van der Waals surface area contributed by atoms with Crippen LogP contribution in [0.5, 0.6) is 0 Å². The standard InChI is InChI=1S/C17H21BrF3NO2/c1-10-8-22(15(23)24-16(2,3)4)9-13(10)12-6-5-11(7-14(12)18)17(19,20)21/h5-7,10,13H,8-9H2,1-4H3/t10-,13?/m0/s1. The minimum absolute atomic E-state index is 0.0332. The van der Waals surface area contributed by atoms with E-state index in [0.717, 1.165) is 17.7 Å². The number of carbonyl (C=O) groups is 1. The van der Waals surface area contributed by atoms with Crippen LogP contribution in [0.4, 0.5) is 18.0 Å². The van der Waals surface area contributed by atoms with Crippen LogP contribution in [0.15, 0.2) is 22.7 Å². The summed E-state index contributed by atoms with van der Waals surface area (Å²) in [5.74, 6) is 0.0970. The van der Waals surface area contributed by atoms with Crippen molar-refractivity contribution in [3.63, 3.8) is 0 Å². The Morgan fingerprint density at radius 3 is 2.38 bits per heavy atom. The first-order valence-electron chi connectivity index (χ1n) is 7.73. The van der Waals surface area contributed by atoms with Crippen LogP contribution in [0.1, 0.15) is 44.7 Å². The van der Waals surface area contributed by atoms with Crippen LogP contribution in [0.25, 0.3) is 0 Å². The number of hydrogen-bond acceptors (Lipinski definition) is 2. The Bertz CT molecular complexity index is 625. The van der Waals surface area contributed by atoms with Crippen molar-refractivity contribution in [1.29, 1.82) is 0 Å². The zero-order chi connectivity index (χ0) is 18.3. The Morgan fingerprint density at radius 1 is 1.25 bits per heavy atom. The second kappa shape index (κ2) is 6.58. The smallest absolute Gasteiger partial charge is 0.416 e. The van der Waals surface area contributed by atoms with E-state index in [-0.39, 0.29) is 17.9 Å². The lowest BCUT2D eigenvalue weighted by molar-refractivity contribution is -0.137. The lowest BCUT2D eigenvalue weighted by Gasteiger charge is -2.24. The zero-order valence-electron chi connectivity index (χ0n) is 14.1. The molecule has 1 aromatic carbocycles. The van der Waals surface area contributed by atoms with Crippen LogP contribution in [0.3, 0.4) is 0 Å². The third-order valence-electron chi connectivity index (χ3n) is 3.99. The van der Waals surface area contributed by atoms with E-state index in [0.29, 0.717) is 17.6 Å². The summed E-state index contributed by atoms with van der Waals surface area (Å²) in [6.45, 7) is 8.34. The van der Waals surface area contributed by atoms with Gasteiger partial charge in [0, 0.05) is 23.5 Å². The first kappa shape index (κ1) is 19.1. The van der Waals surface area contributed by atoms with E-state index in [1.54, 1.807) is 25.7 Å². The number of halogens is 4. The van der Waals surface area contributed by atoms with E-state index in [1.165, 1.54) is 6.07 Å². The Morgan fingerprint density at radius 2 is 1.88 bits per heavy atom. The van der Waals surface area contributed by atoms with Crippen molar-refractivity contribution in [2.45, 2.75) is 45.4 Å². The number of hydrogen-bond donors (Lipinski definition) is 0. The molecule has 0 N–H and O–H groups in total. The minimum atomic E-state index is -4.37. The summed E-state index contributed by atoms with van der Waals surface area (Å²) in [7, 11) is 0. The molecule has 1 amide bonds. The SMILES string of the molecule is C[C@H]1CN(C(=O)OC(C)(C)C)CC1c1ccc(C(F)(F)F)cc1Br. The molecule has 0 bridgehead atoms. The molecule has 0 saturated carbocycles. The number of benzene rings is 1. The Balaban J connectivity index is 2.17. The summed E-state index contributed by atoms with van der Waals surface area (Å²) < 4.78 is 44.2. The molecular formula is C17H21BrF3NO2. The highest BCUT2D eigenvalue weighted by molar-refractivity contribution is 9.10. The fourth-order valence-corrected chi connectivity index (χ4v) is 3.52. The molecule has 134 valence electrons. The number of rotatable bonds is 1. The van der Waals surface area contributed by atoms with Crippen molar-refractivity contribution in [3.8, 4) is 0 Å². The number of alkyl halides is 3. The van der Waals surface area contributed by atoms with E-state index >= 15 is 0 Å². The maximum atomic E-state index is 12.8. The molecule has 1 aliphatic heterocycles. The molecule has 1 aliphatic rings. The number of likely N-dealkylation sites (tertiary alicyclic amines) is 1. The average molecular weight is 408 g/mol. The third-order valence-corrected chi connectivity index (χ3v) is 4.68. The van der Waals surface area contributed by atoms with Crippen molar-refractivity contribution >= 4 is 22.0 Å². The average Bonchev–Trinajstić information content (AvgIpc) is 2.78. The molecule has 3 nitrogen and oxygen atoms in total. The number of amides is 1. The molecule has 1 unspecified atom stereocenters. The second-order valence-electron chi connectivity index (χ2n) is 7.20. The van der Waals surface area contributed by atoms with Crippen LogP contribution in [0, 0.1) is 5.92 Å². The molecule has 1 aromatic rings. The largest absolute Gasteiger partial charge is 0.444 e. The van der Waals surface area contributed by atoms with Gasteiger partial charge < -0.3 is 9.64 Å². The first-order valence-corrected chi connectivity index (χ1v) is 8.52. The van der Waals surface area contributed by atoms with E-state index in [4.69, 9.17) is 4.74 Å². The molecule has 0 radical (unpaired) electrons. The van der Waals surface area contributed by atoms with Gasteiger partial charge in [-0.25, -0.2) is 4.79 Å². The molecule has 1 heterocycles. The Labute approximate surface area is 148 Å². The van der Waals surface area contributed by atoms with Crippen LogP contribution in [-0.2, 0) is 10.9 Å². The molecule has 2 atom stereocenters. The van der Waals surface area contributed by atoms with Gasteiger partial charge in [-0.2, -0.15) is 13.2 Å². The number of nitrogens with zero attached hydrogens (tertiary/aromatic N) is 1. The van der Waals surface area contributed by atoms with Gasteiger partial charge in [-0.1, -0.05) is 28.9 Å². The van der Waals surface area contributed by atoms with Gasteiger partial charge in [0.25, 0.3) is 0 Å². The quantitative estimate of drug-likeness (QED) is 0.620. The molecule has 1 fully saturated rings. The molecule has 1 saturated heterocycles. The maximum absolute atomic E-state index is 12.8. The predicted molar refractivity (Wildman–Crippen MR) is 88.9 cm³/mol. The van der Waals surface area contributed by atoms with Crippen molar-refractivity contribution in [3.05, 3.63) is 33.8 Å². The van der Waals surface area contributed by atoms with Crippen molar-refractivity contribution < 1.29 is 22.7 Å². The topological polar surface area (TPSA) is 29.5 Å². The summed E-state index contributed by atoms with van der Waals surface area (Å²) in [6.07, 6.45) is -4.76. The summed E-state index contributed by atoms with van der Waals surface area (Å²) >= 11 is 3.25. The molecule has 0 aromatic heterocycles. The minimum Gasteiger partial charge on any atom is -0.444 e. The van der Waals surface area contributed by atoms with E-state index < -0.39 is 17.3 Å². The van der Waals surface area contributed by atoms with Gasteiger partial charge in [-0.3, -0.25) is 0 Å². The molecule has 0 aliphatic carbocycles. The fraction of sp³-hybridized carbons (Fsp3) is 0.588. The van der Waals surface area contributed by atoms with E-state index in [2.05, 4.69) is 15.9 Å². The normalized spacial score (nSPS) is 21.9. The fourth-order valence-electron chi connectivity index (χ4n) is 2.85. The maximum Gasteiger partial charge on any atom is 0.416 e. The van der Waals surface area contributed by atoms with Gasteiger partial charge in [0.2, 0.25) is 0 Å². The molecule has 0 spiro atoms. The van der Waals surface area contributed by atoms with E-state index in [1.807, 2.05) is 6.92 Å². The van der Waals surface area contributed by atoms with Gasteiger partial charge in [0.05, 0.1) is 5.56 Å². The van der Waals surface area contributed by atoms with Crippen LogP contribution in [-0.4, -0.2) is 29.7 Å². The van der Waals surface area contributed by atoms with Gasteiger partial charge in [0.1, 0.15) is 5.60 Å². The lowest BCUT2D eigenvalue weighted by Crippen LogP contribution is -2.35. The zero-order valence-corrected chi connectivity index (χ0v) is 15.7. The number of ether oxygens (including phenoxy) is 1. The molecule has 7 heteroatoms. The lowest BCUT2D eigenvalue weighted by atomic mass is 9.90. The summed E-state index contributed by atoms with van der Waals surface area (Å²) in [5, 5.41) is 0. The first-order chi connectivity index (χ1) is 10.9. The second-order valence-corrected chi connectivity index (χ2v) is 8.06. The highest BCUT2D eigenvalue weighted by Gasteiger charge is 2.37. The van der Waals surface area contributed by atoms with Crippen LogP contribution in [0.2, 0.25) is 0 Å². The summed E-state index contributed by atoms with van der Waals surface area (Å²) in [5.41, 5.74) is -0.484. The highest BCUT2D eigenvalue weighted by Crippen LogP contribution is 2.39. The van der Waals surface area contributed by atoms with Crippen LogP contribution >= 0.6 is 15.9 Å². The Kier molecular flexibility index (Phi) is 5.23. The van der Waals surface area contributed by atoms with Gasteiger partial charge in [0.15, 0.2) is 0 Å². The van der Waals surface area contributed by atoms with Crippen molar-refractivity contribution in [2.75, 3.05) is 13.1 Å². The van der Waals surface area contributed by atoms with Gasteiger partial charge in [-0.15, -0.1) is 0 Å². The van der Waals surface area contributed by atoms with Crippen molar-refractivity contribution in [1.82, 2.24) is 4.90 Å². The van der Waals surface area contributed by atoms with Gasteiger partial charge >= 0.3 is 12.3 Å². The monoisotopic (exact) mass is 407 g/mol. The third kappa shape index (κ3) is 4.43. The highest BCUT2D eigenvalue weighted by atomic mass is 79.9. The van der Waals surface area contributed by atoms with Crippen LogP contribution < -0.4 is 0 Å². The van der Waals surface area contributed by atoms with Crippen molar-refractivity contribution in [2.24, 2.45) is 5.92 Å². The summed E-state index contributed by atoms with van der Waals surface area (Å²) in [6, 6.07) is 3.67. The Hall–Kier alpha value is -1.24. The molecule has 2 rings (SSSR count). The predicted octanol–water partition coefficient (Wildman–Crippen LogP) is 5.44.